The fourth-order valence-corrected chi connectivity index (χ4v) is 3.55. The first kappa shape index (κ1) is 20.4. The van der Waals surface area contributed by atoms with E-state index < -0.39 is 0 Å². The van der Waals surface area contributed by atoms with E-state index in [1.807, 2.05) is 42.5 Å². The van der Waals surface area contributed by atoms with Gasteiger partial charge in [0.1, 0.15) is 0 Å². The van der Waals surface area contributed by atoms with E-state index in [-0.39, 0.29) is 0 Å². The Morgan fingerprint density at radius 3 is 1.74 bits per heavy atom. The maximum absolute atomic E-state index is 6.80. The molecule has 4 rings (SSSR count). The smallest absolute Gasteiger partial charge is 0.0765 e. The monoisotopic (exact) mass is 402 g/mol. The number of hydrogen-bond acceptors (Lipinski definition) is 2. The van der Waals surface area contributed by atoms with Crippen LogP contribution in [-0.2, 0) is 6.42 Å². The summed E-state index contributed by atoms with van der Waals surface area (Å²) < 4.78 is 0. The number of nitrogens with two attached hydrogens (primary N) is 1. The third-order valence-corrected chi connectivity index (χ3v) is 5.24. The molecular weight excluding hydrogens is 376 g/mol. The van der Waals surface area contributed by atoms with E-state index in [9.17, 15) is 0 Å². The lowest BCUT2D eigenvalue weighted by Crippen LogP contribution is -2.14. The van der Waals surface area contributed by atoms with Gasteiger partial charge in [-0.1, -0.05) is 109 Å². The Bertz CT molecular complexity index is 1170. The van der Waals surface area contributed by atoms with Gasteiger partial charge in [0.05, 0.1) is 11.4 Å². The maximum atomic E-state index is 6.80. The third kappa shape index (κ3) is 5.18. The molecule has 0 aliphatic rings. The maximum Gasteiger partial charge on any atom is 0.0765 e. The van der Waals surface area contributed by atoms with Gasteiger partial charge >= 0.3 is 0 Å². The standard InChI is InChI=1S/C29H26N2/c1-22-17-19-26(20-18-22)31-29(25-15-9-4-10-16-25)27(21-23-11-5-2-6-12-23)28(30)24-13-7-3-8-14-24/h2-20H,21,30H2,1H3/b28-27+,31-29?. The van der Waals surface area contributed by atoms with Gasteiger partial charge in [0, 0.05) is 23.3 Å². The highest BCUT2D eigenvalue weighted by molar-refractivity contribution is 6.17. The van der Waals surface area contributed by atoms with Gasteiger partial charge in [0.25, 0.3) is 0 Å². The lowest BCUT2D eigenvalue weighted by atomic mass is 9.92. The van der Waals surface area contributed by atoms with Gasteiger partial charge in [-0.2, -0.15) is 0 Å². The molecule has 0 aromatic heterocycles. The van der Waals surface area contributed by atoms with Crippen LogP contribution in [0.5, 0.6) is 0 Å². The second-order valence-electron chi connectivity index (χ2n) is 7.58. The largest absolute Gasteiger partial charge is 0.398 e. The Morgan fingerprint density at radius 2 is 1.16 bits per heavy atom. The lowest BCUT2D eigenvalue weighted by molar-refractivity contribution is 1.20. The quantitative estimate of drug-likeness (QED) is 0.357. The van der Waals surface area contributed by atoms with Crippen molar-refractivity contribution in [1.29, 1.82) is 0 Å². The molecule has 0 aliphatic carbocycles. The van der Waals surface area contributed by atoms with E-state index in [0.717, 1.165) is 33.8 Å². The second kappa shape index (κ2) is 9.73. The molecule has 4 aromatic carbocycles. The minimum Gasteiger partial charge on any atom is -0.398 e. The number of benzene rings is 4. The number of aryl methyl sites for hydroxylation is 1. The number of rotatable bonds is 6. The molecule has 0 heterocycles. The summed E-state index contributed by atoms with van der Waals surface area (Å²) in [7, 11) is 0. The van der Waals surface area contributed by atoms with Crippen molar-refractivity contribution >= 4 is 17.1 Å². The molecule has 2 heteroatoms. The van der Waals surface area contributed by atoms with Crippen molar-refractivity contribution in [2.45, 2.75) is 13.3 Å². The zero-order chi connectivity index (χ0) is 21.5. The fraction of sp³-hybridized carbons (Fsp3) is 0.0690. The fourth-order valence-electron chi connectivity index (χ4n) is 3.55. The zero-order valence-electron chi connectivity index (χ0n) is 17.7. The topological polar surface area (TPSA) is 38.4 Å². The highest BCUT2D eigenvalue weighted by Crippen LogP contribution is 2.25. The molecule has 0 atom stereocenters. The van der Waals surface area contributed by atoms with Crippen LogP contribution in [0.1, 0.15) is 22.3 Å². The summed E-state index contributed by atoms with van der Waals surface area (Å²) in [4.78, 5) is 5.09. The predicted molar refractivity (Wildman–Crippen MR) is 132 cm³/mol. The highest BCUT2D eigenvalue weighted by atomic mass is 14.8. The van der Waals surface area contributed by atoms with E-state index in [2.05, 4.69) is 79.7 Å². The van der Waals surface area contributed by atoms with Gasteiger partial charge in [-0.15, -0.1) is 0 Å². The molecule has 31 heavy (non-hydrogen) atoms. The first-order valence-corrected chi connectivity index (χ1v) is 10.5. The number of allylic oxidation sites excluding steroid dienone is 1. The van der Waals surface area contributed by atoms with Crippen molar-refractivity contribution < 1.29 is 0 Å². The average Bonchev–Trinajstić information content (AvgIpc) is 2.84. The van der Waals surface area contributed by atoms with E-state index in [1.54, 1.807) is 0 Å². The average molecular weight is 403 g/mol. The summed E-state index contributed by atoms with van der Waals surface area (Å²) >= 11 is 0. The summed E-state index contributed by atoms with van der Waals surface area (Å²) in [6, 6.07) is 39.1. The normalized spacial score (nSPS) is 12.4. The Morgan fingerprint density at radius 1 is 0.645 bits per heavy atom. The van der Waals surface area contributed by atoms with Crippen molar-refractivity contribution in [2.75, 3.05) is 0 Å². The van der Waals surface area contributed by atoms with Gasteiger partial charge in [-0.3, -0.25) is 0 Å². The summed E-state index contributed by atoms with van der Waals surface area (Å²) in [6.07, 6.45) is 0.696. The van der Waals surface area contributed by atoms with Crippen molar-refractivity contribution in [1.82, 2.24) is 0 Å². The van der Waals surface area contributed by atoms with Gasteiger partial charge in [-0.05, 0) is 30.2 Å². The minimum absolute atomic E-state index is 0.696. The number of nitrogens with zero attached hydrogens (tertiary/aromatic N) is 1. The number of hydrogen-bond donors (Lipinski definition) is 1. The molecule has 0 fully saturated rings. The summed E-state index contributed by atoms with van der Waals surface area (Å²) in [5, 5.41) is 0. The van der Waals surface area contributed by atoms with Crippen molar-refractivity contribution in [3.05, 3.63) is 143 Å². The third-order valence-electron chi connectivity index (χ3n) is 5.24. The molecule has 0 aliphatic heterocycles. The van der Waals surface area contributed by atoms with Gasteiger partial charge in [0.2, 0.25) is 0 Å². The Hall–Kier alpha value is -3.91. The molecule has 0 spiro atoms. The first-order chi connectivity index (χ1) is 15.2. The summed E-state index contributed by atoms with van der Waals surface area (Å²) in [5.74, 6) is 0. The van der Waals surface area contributed by atoms with Gasteiger partial charge in [-0.25, -0.2) is 4.99 Å². The molecular formula is C29H26N2. The SMILES string of the molecule is Cc1ccc(N=C(/C(Cc2ccccc2)=C(/N)c2ccccc2)c2ccccc2)cc1. The molecule has 0 saturated carbocycles. The Balaban J connectivity index is 1.92. The van der Waals surface area contributed by atoms with Crippen LogP contribution in [0.3, 0.4) is 0 Å². The molecule has 0 unspecified atom stereocenters. The molecule has 2 N–H and O–H groups in total. The van der Waals surface area contributed by atoms with Crippen LogP contribution in [0.4, 0.5) is 5.69 Å². The lowest BCUT2D eigenvalue weighted by Gasteiger charge is -2.16. The van der Waals surface area contributed by atoms with Crippen LogP contribution in [0, 0.1) is 6.92 Å². The molecule has 0 radical (unpaired) electrons. The van der Waals surface area contributed by atoms with Crippen LogP contribution in [0.2, 0.25) is 0 Å². The van der Waals surface area contributed by atoms with Crippen molar-refractivity contribution in [3.63, 3.8) is 0 Å². The van der Waals surface area contributed by atoms with Crippen molar-refractivity contribution in [3.8, 4) is 0 Å². The highest BCUT2D eigenvalue weighted by Gasteiger charge is 2.16. The molecule has 152 valence electrons. The Kier molecular flexibility index (Phi) is 6.39. The van der Waals surface area contributed by atoms with E-state index >= 15 is 0 Å². The minimum atomic E-state index is 0.696. The van der Waals surface area contributed by atoms with Gasteiger partial charge < -0.3 is 5.73 Å². The van der Waals surface area contributed by atoms with E-state index in [4.69, 9.17) is 10.7 Å². The number of aliphatic imine (C=N–C) groups is 1. The summed E-state index contributed by atoms with van der Waals surface area (Å²) in [5.41, 5.74) is 14.8. The molecule has 4 aromatic rings. The predicted octanol–water partition coefficient (Wildman–Crippen LogP) is 6.73. The van der Waals surface area contributed by atoms with E-state index in [1.165, 1.54) is 11.1 Å². The van der Waals surface area contributed by atoms with E-state index in [0.29, 0.717) is 6.42 Å². The van der Waals surface area contributed by atoms with Crippen molar-refractivity contribution in [2.24, 2.45) is 10.7 Å². The zero-order valence-corrected chi connectivity index (χ0v) is 17.7. The first-order valence-electron chi connectivity index (χ1n) is 10.5. The Labute approximate surface area is 184 Å². The molecule has 0 amide bonds. The van der Waals surface area contributed by atoms with Crippen LogP contribution in [0.15, 0.2) is 126 Å². The van der Waals surface area contributed by atoms with Crippen LogP contribution < -0.4 is 5.73 Å². The summed E-state index contributed by atoms with van der Waals surface area (Å²) in [6.45, 7) is 2.08. The van der Waals surface area contributed by atoms with Crippen LogP contribution >= 0.6 is 0 Å². The molecule has 2 nitrogen and oxygen atoms in total. The second-order valence-corrected chi connectivity index (χ2v) is 7.58. The molecule has 0 saturated heterocycles. The van der Waals surface area contributed by atoms with Gasteiger partial charge in [0.15, 0.2) is 0 Å². The molecule has 0 bridgehead atoms. The van der Waals surface area contributed by atoms with Crippen LogP contribution in [0.25, 0.3) is 5.70 Å². The van der Waals surface area contributed by atoms with Crippen LogP contribution in [-0.4, -0.2) is 5.71 Å².